The smallest absolute Gasteiger partial charge is 0.123 e. The molecule has 0 radical (unpaired) electrons. The number of ether oxygens (including phenoxy) is 1. The first-order valence-corrected chi connectivity index (χ1v) is 7.84. The molecule has 0 aromatic heterocycles. The van der Waals surface area contributed by atoms with Gasteiger partial charge in [0.15, 0.2) is 0 Å². The fourth-order valence-electron chi connectivity index (χ4n) is 3.67. The molecule has 2 aliphatic rings. The normalized spacial score (nSPS) is 24.2. The molecule has 1 aliphatic heterocycles. The summed E-state index contributed by atoms with van der Waals surface area (Å²) in [7, 11) is 0. The van der Waals surface area contributed by atoms with Crippen LogP contribution in [0, 0.1) is 5.92 Å². The Morgan fingerprint density at radius 3 is 2.79 bits per heavy atom. The molecular weight excluding hydrogens is 234 g/mol. The number of fused-ring (bicyclic) bond motifs is 1. The van der Waals surface area contributed by atoms with Crippen LogP contribution in [-0.2, 0) is 6.42 Å². The van der Waals surface area contributed by atoms with Gasteiger partial charge in [0, 0.05) is 12.5 Å². The van der Waals surface area contributed by atoms with Gasteiger partial charge in [-0.3, -0.25) is 0 Å². The standard InChI is InChI=1S/C17H25NO/c1-2-18-15(11-13-7-3-4-8-13)17-12-14-9-5-6-10-16(14)19-17/h5-6,9-10,13,15,17-18H,2-4,7-8,11-12H2,1H3. The first-order valence-electron chi connectivity index (χ1n) is 7.84. The highest BCUT2D eigenvalue weighted by atomic mass is 16.5. The molecule has 19 heavy (non-hydrogen) atoms. The molecule has 104 valence electrons. The molecule has 0 bridgehead atoms. The van der Waals surface area contributed by atoms with Crippen molar-refractivity contribution in [3.63, 3.8) is 0 Å². The molecule has 1 N–H and O–H groups in total. The largest absolute Gasteiger partial charge is 0.488 e. The minimum Gasteiger partial charge on any atom is -0.488 e. The summed E-state index contributed by atoms with van der Waals surface area (Å²) in [5.41, 5.74) is 1.38. The van der Waals surface area contributed by atoms with Crippen LogP contribution in [0.3, 0.4) is 0 Å². The van der Waals surface area contributed by atoms with Crippen molar-refractivity contribution < 1.29 is 4.74 Å². The first-order chi connectivity index (χ1) is 9.36. The van der Waals surface area contributed by atoms with Crippen molar-refractivity contribution >= 4 is 0 Å². The average molecular weight is 259 g/mol. The molecule has 1 aromatic carbocycles. The molecule has 2 nitrogen and oxygen atoms in total. The second-order valence-electron chi connectivity index (χ2n) is 6.02. The Bertz CT molecular complexity index is 386. The summed E-state index contributed by atoms with van der Waals surface area (Å²) in [5.74, 6) is 2.01. The Kier molecular flexibility index (Phi) is 4.07. The number of nitrogens with one attached hydrogen (secondary N) is 1. The summed E-state index contributed by atoms with van der Waals surface area (Å²) >= 11 is 0. The third kappa shape index (κ3) is 2.94. The Balaban J connectivity index is 1.64. The third-order valence-corrected chi connectivity index (χ3v) is 4.65. The second kappa shape index (κ2) is 5.96. The molecule has 1 aliphatic carbocycles. The quantitative estimate of drug-likeness (QED) is 0.873. The molecular formula is C17H25NO. The van der Waals surface area contributed by atoms with Crippen LogP contribution in [0.15, 0.2) is 24.3 Å². The van der Waals surface area contributed by atoms with Gasteiger partial charge in [-0.25, -0.2) is 0 Å². The van der Waals surface area contributed by atoms with Crippen LogP contribution in [0.4, 0.5) is 0 Å². The van der Waals surface area contributed by atoms with Crippen LogP contribution >= 0.6 is 0 Å². The Hall–Kier alpha value is -1.02. The van der Waals surface area contributed by atoms with Gasteiger partial charge in [-0.1, -0.05) is 50.8 Å². The van der Waals surface area contributed by atoms with Crippen LogP contribution in [0.2, 0.25) is 0 Å². The summed E-state index contributed by atoms with van der Waals surface area (Å²) < 4.78 is 6.17. The summed E-state index contributed by atoms with van der Waals surface area (Å²) in [5, 5.41) is 3.66. The first kappa shape index (κ1) is 13.0. The number of hydrogen-bond donors (Lipinski definition) is 1. The van der Waals surface area contributed by atoms with Gasteiger partial charge in [0.05, 0.1) is 0 Å². The lowest BCUT2D eigenvalue weighted by atomic mass is 9.93. The van der Waals surface area contributed by atoms with Gasteiger partial charge in [0.2, 0.25) is 0 Å². The Labute approximate surface area is 116 Å². The van der Waals surface area contributed by atoms with E-state index in [9.17, 15) is 0 Å². The zero-order valence-electron chi connectivity index (χ0n) is 11.9. The monoisotopic (exact) mass is 259 g/mol. The molecule has 0 amide bonds. The lowest BCUT2D eigenvalue weighted by Gasteiger charge is -2.26. The lowest BCUT2D eigenvalue weighted by Crippen LogP contribution is -2.43. The van der Waals surface area contributed by atoms with Crippen LogP contribution in [0.25, 0.3) is 0 Å². The Morgan fingerprint density at radius 2 is 2.05 bits per heavy atom. The predicted octanol–water partition coefficient (Wildman–Crippen LogP) is 3.55. The minimum atomic E-state index is 0.331. The van der Waals surface area contributed by atoms with E-state index in [1.165, 1.54) is 37.7 Å². The molecule has 1 aromatic rings. The highest BCUT2D eigenvalue weighted by Crippen LogP contribution is 2.34. The van der Waals surface area contributed by atoms with E-state index in [-0.39, 0.29) is 0 Å². The highest BCUT2D eigenvalue weighted by Gasteiger charge is 2.31. The SMILES string of the molecule is CCNC(CC1CCCC1)C1Cc2ccccc2O1. The van der Waals surface area contributed by atoms with Crippen LogP contribution in [0.1, 0.15) is 44.6 Å². The molecule has 0 saturated heterocycles. The van der Waals surface area contributed by atoms with Gasteiger partial charge in [-0.15, -0.1) is 0 Å². The minimum absolute atomic E-state index is 0.331. The maximum atomic E-state index is 6.17. The van der Waals surface area contributed by atoms with E-state index in [4.69, 9.17) is 4.74 Å². The van der Waals surface area contributed by atoms with Gasteiger partial charge >= 0.3 is 0 Å². The maximum absolute atomic E-state index is 6.17. The highest BCUT2D eigenvalue weighted by molar-refractivity contribution is 5.37. The fraction of sp³-hybridized carbons (Fsp3) is 0.647. The van der Waals surface area contributed by atoms with Crippen molar-refractivity contribution in [1.29, 1.82) is 0 Å². The van der Waals surface area contributed by atoms with Gasteiger partial charge in [0.25, 0.3) is 0 Å². The third-order valence-electron chi connectivity index (χ3n) is 4.65. The zero-order valence-corrected chi connectivity index (χ0v) is 11.9. The molecule has 1 fully saturated rings. The molecule has 2 atom stereocenters. The number of benzene rings is 1. The van der Waals surface area contributed by atoms with E-state index >= 15 is 0 Å². The topological polar surface area (TPSA) is 21.3 Å². The molecule has 2 unspecified atom stereocenters. The number of likely N-dealkylation sites (N-methyl/N-ethyl adjacent to an activating group) is 1. The summed E-state index contributed by atoms with van der Waals surface area (Å²) in [6.45, 7) is 3.23. The second-order valence-corrected chi connectivity index (χ2v) is 6.02. The van der Waals surface area contributed by atoms with Crippen molar-refractivity contribution in [2.24, 2.45) is 5.92 Å². The Morgan fingerprint density at radius 1 is 1.26 bits per heavy atom. The molecule has 3 rings (SSSR count). The van der Waals surface area contributed by atoms with Crippen LogP contribution in [-0.4, -0.2) is 18.7 Å². The van der Waals surface area contributed by atoms with Crippen molar-refractivity contribution in [3.05, 3.63) is 29.8 Å². The zero-order chi connectivity index (χ0) is 13.1. The van der Waals surface area contributed by atoms with E-state index < -0.39 is 0 Å². The van der Waals surface area contributed by atoms with E-state index in [1.54, 1.807) is 0 Å². The number of rotatable bonds is 5. The lowest BCUT2D eigenvalue weighted by molar-refractivity contribution is 0.161. The molecule has 2 heteroatoms. The molecule has 1 saturated carbocycles. The summed E-state index contributed by atoms with van der Waals surface area (Å²) in [4.78, 5) is 0. The van der Waals surface area contributed by atoms with E-state index in [0.29, 0.717) is 12.1 Å². The fourth-order valence-corrected chi connectivity index (χ4v) is 3.67. The summed E-state index contributed by atoms with van der Waals surface area (Å²) in [6, 6.07) is 9.01. The number of hydrogen-bond acceptors (Lipinski definition) is 2. The van der Waals surface area contributed by atoms with Crippen LogP contribution in [0.5, 0.6) is 5.75 Å². The van der Waals surface area contributed by atoms with Gasteiger partial charge in [-0.05, 0) is 30.5 Å². The molecule has 0 spiro atoms. The van der Waals surface area contributed by atoms with Gasteiger partial charge in [0.1, 0.15) is 11.9 Å². The predicted molar refractivity (Wildman–Crippen MR) is 78.6 cm³/mol. The van der Waals surface area contributed by atoms with Crippen molar-refractivity contribution in [2.75, 3.05) is 6.54 Å². The number of para-hydroxylation sites is 1. The van der Waals surface area contributed by atoms with Crippen molar-refractivity contribution in [2.45, 2.75) is 57.6 Å². The summed E-state index contributed by atoms with van der Waals surface area (Å²) in [6.07, 6.45) is 8.37. The average Bonchev–Trinajstić information content (AvgIpc) is 3.06. The van der Waals surface area contributed by atoms with Crippen LogP contribution < -0.4 is 10.1 Å². The van der Waals surface area contributed by atoms with Gasteiger partial charge < -0.3 is 10.1 Å². The van der Waals surface area contributed by atoms with Crippen molar-refractivity contribution in [1.82, 2.24) is 5.32 Å². The maximum Gasteiger partial charge on any atom is 0.123 e. The van der Waals surface area contributed by atoms with Gasteiger partial charge in [-0.2, -0.15) is 0 Å². The van der Waals surface area contributed by atoms with E-state index in [1.807, 2.05) is 0 Å². The van der Waals surface area contributed by atoms with E-state index in [0.717, 1.165) is 24.6 Å². The van der Waals surface area contributed by atoms with E-state index in [2.05, 4.69) is 36.5 Å². The van der Waals surface area contributed by atoms with Crippen molar-refractivity contribution in [3.8, 4) is 5.75 Å². The molecule has 1 heterocycles.